The second-order valence-electron chi connectivity index (χ2n) is 9.06. The highest BCUT2D eigenvalue weighted by atomic mass is 35.5. The molecule has 0 atom stereocenters. The first-order valence-electron chi connectivity index (χ1n) is 11.1. The maximum atomic E-state index is 13.3. The number of pyridine rings is 1. The van der Waals surface area contributed by atoms with E-state index in [9.17, 15) is 4.79 Å². The average Bonchev–Trinajstić information content (AvgIpc) is 2.86. The van der Waals surface area contributed by atoms with Crippen molar-refractivity contribution in [2.45, 2.75) is 39.7 Å². The van der Waals surface area contributed by atoms with Gasteiger partial charge in [0.25, 0.3) is 5.56 Å². The molecule has 0 aliphatic rings. The standard InChI is InChI=1S/C26H25Cl2N5O3/c1-15-30-23(36-14-17-7-6-8-21(31-17)35-5)22(28)24(34)33(15)20-13-16(9-10-18(20)27)19-11-12-29-25(32-19)26(2,3)4/h6-13H,14H2,1-5H3. The van der Waals surface area contributed by atoms with Gasteiger partial charge in [0.1, 0.15) is 18.3 Å². The highest BCUT2D eigenvalue weighted by Crippen LogP contribution is 2.29. The van der Waals surface area contributed by atoms with Crippen molar-refractivity contribution >= 4 is 23.2 Å². The summed E-state index contributed by atoms with van der Waals surface area (Å²) in [4.78, 5) is 31.1. The molecule has 0 aliphatic heterocycles. The number of methoxy groups -OCH3 is 1. The van der Waals surface area contributed by atoms with E-state index in [1.165, 1.54) is 11.7 Å². The minimum atomic E-state index is -0.505. The molecule has 3 heterocycles. The zero-order valence-electron chi connectivity index (χ0n) is 20.5. The van der Waals surface area contributed by atoms with Gasteiger partial charge in [-0.2, -0.15) is 4.98 Å². The topological polar surface area (TPSA) is 92.0 Å². The van der Waals surface area contributed by atoms with Crippen LogP contribution in [0.2, 0.25) is 10.0 Å². The fourth-order valence-electron chi connectivity index (χ4n) is 3.48. The Bertz CT molecular complexity index is 1480. The number of aromatic nitrogens is 5. The molecule has 0 amide bonds. The summed E-state index contributed by atoms with van der Waals surface area (Å²) in [7, 11) is 1.53. The predicted molar refractivity (Wildman–Crippen MR) is 139 cm³/mol. The quantitative estimate of drug-likeness (QED) is 0.324. The third-order valence-corrected chi connectivity index (χ3v) is 5.96. The fraction of sp³-hybridized carbons (Fsp3) is 0.269. The summed E-state index contributed by atoms with van der Waals surface area (Å²) < 4.78 is 12.2. The molecule has 0 radical (unpaired) electrons. The molecule has 0 spiro atoms. The van der Waals surface area contributed by atoms with Crippen LogP contribution in [0.3, 0.4) is 0 Å². The zero-order valence-corrected chi connectivity index (χ0v) is 22.1. The van der Waals surface area contributed by atoms with Crippen molar-refractivity contribution in [1.29, 1.82) is 0 Å². The first kappa shape index (κ1) is 25.6. The number of benzene rings is 1. The Morgan fingerprint density at radius 1 is 1.03 bits per heavy atom. The number of ether oxygens (including phenoxy) is 2. The van der Waals surface area contributed by atoms with Gasteiger partial charge in [0.2, 0.25) is 11.8 Å². The van der Waals surface area contributed by atoms with Crippen LogP contribution >= 0.6 is 23.2 Å². The Morgan fingerprint density at radius 2 is 1.81 bits per heavy atom. The number of rotatable bonds is 6. The van der Waals surface area contributed by atoms with Gasteiger partial charge >= 0.3 is 0 Å². The van der Waals surface area contributed by atoms with Crippen LogP contribution in [0, 0.1) is 6.92 Å². The van der Waals surface area contributed by atoms with Gasteiger partial charge in [-0.1, -0.05) is 56.1 Å². The molecule has 0 saturated heterocycles. The molecule has 36 heavy (non-hydrogen) atoms. The Morgan fingerprint density at radius 3 is 2.53 bits per heavy atom. The van der Waals surface area contributed by atoms with E-state index in [4.69, 9.17) is 37.7 Å². The van der Waals surface area contributed by atoms with Crippen molar-refractivity contribution in [3.05, 3.63) is 86.4 Å². The molecule has 4 rings (SSSR count). The lowest BCUT2D eigenvalue weighted by molar-refractivity contribution is 0.284. The van der Waals surface area contributed by atoms with Crippen LogP contribution in [-0.2, 0) is 12.0 Å². The first-order valence-corrected chi connectivity index (χ1v) is 11.9. The van der Waals surface area contributed by atoms with Gasteiger partial charge in [0.05, 0.1) is 29.2 Å². The molecule has 0 unspecified atom stereocenters. The van der Waals surface area contributed by atoms with E-state index in [-0.39, 0.29) is 22.9 Å². The number of halogens is 2. The maximum Gasteiger partial charge on any atom is 0.280 e. The monoisotopic (exact) mass is 525 g/mol. The van der Waals surface area contributed by atoms with Crippen LogP contribution in [0.25, 0.3) is 16.9 Å². The smallest absolute Gasteiger partial charge is 0.280 e. The van der Waals surface area contributed by atoms with Gasteiger partial charge in [0.15, 0.2) is 5.02 Å². The van der Waals surface area contributed by atoms with Crippen molar-refractivity contribution in [2.24, 2.45) is 0 Å². The van der Waals surface area contributed by atoms with Crippen LogP contribution in [0.4, 0.5) is 0 Å². The highest BCUT2D eigenvalue weighted by molar-refractivity contribution is 6.33. The highest BCUT2D eigenvalue weighted by Gasteiger charge is 2.20. The summed E-state index contributed by atoms with van der Waals surface area (Å²) in [6.45, 7) is 7.88. The van der Waals surface area contributed by atoms with Gasteiger partial charge in [-0.3, -0.25) is 9.36 Å². The molecule has 3 aromatic heterocycles. The molecule has 0 fully saturated rings. The minimum absolute atomic E-state index is 0.0120. The van der Waals surface area contributed by atoms with Crippen LogP contribution in [0.1, 0.15) is 38.1 Å². The van der Waals surface area contributed by atoms with E-state index in [1.807, 2.05) is 32.9 Å². The molecule has 10 heteroatoms. The Hall–Kier alpha value is -3.49. The summed E-state index contributed by atoms with van der Waals surface area (Å²) in [5.74, 6) is 1.53. The van der Waals surface area contributed by atoms with E-state index in [2.05, 4.69) is 15.0 Å². The first-order chi connectivity index (χ1) is 17.1. The van der Waals surface area contributed by atoms with Crippen LogP contribution < -0.4 is 15.0 Å². The summed E-state index contributed by atoms with van der Waals surface area (Å²) >= 11 is 12.9. The van der Waals surface area contributed by atoms with E-state index >= 15 is 0 Å². The summed E-state index contributed by atoms with van der Waals surface area (Å²) in [6.07, 6.45) is 1.72. The molecular weight excluding hydrogens is 501 g/mol. The van der Waals surface area contributed by atoms with Gasteiger partial charge in [-0.25, -0.2) is 15.0 Å². The third kappa shape index (κ3) is 5.34. The van der Waals surface area contributed by atoms with Gasteiger partial charge in [0, 0.05) is 23.2 Å². The molecule has 0 N–H and O–H groups in total. The number of aryl methyl sites for hydroxylation is 1. The fourth-order valence-corrected chi connectivity index (χ4v) is 3.86. The maximum absolute atomic E-state index is 13.3. The second-order valence-corrected chi connectivity index (χ2v) is 9.85. The molecule has 0 bridgehead atoms. The van der Waals surface area contributed by atoms with Crippen molar-refractivity contribution in [1.82, 2.24) is 24.5 Å². The van der Waals surface area contributed by atoms with Crippen molar-refractivity contribution < 1.29 is 9.47 Å². The number of hydrogen-bond acceptors (Lipinski definition) is 7. The molecule has 186 valence electrons. The van der Waals surface area contributed by atoms with E-state index in [0.29, 0.717) is 39.6 Å². The van der Waals surface area contributed by atoms with E-state index in [1.54, 1.807) is 43.5 Å². The van der Waals surface area contributed by atoms with Crippen molar-refractivity contribution in [3.63, 3.8) is 0 Å². The van der Waals surface area contributed by atoms with E-state index in [0.717, 1.165) is 5.56 Å². The third-order valence-electron chi connectivity index (χ3n) is 5.32. The normalized spacial score (nSPS) is 11.4. The summed E-state index contributed by atoms with van der Waals surface area (Å²) in [5, 5.41) is 0.197. The molecule has 4 aromatic rings. The molecule has 8 nitrogen and oxygen atoms in total. The minimum Gasteiger partial charge on any atom is -0.481 e. The van der Waals surface area contributed by atoms with Crippen LogP contribution in [-0.4, -0.2) is 31.6 Å². The lowest BCUT2D eigenvalue weighted by atomic mass is 9.95. The molecule has 1 aromatic carbocycles. The van der Waals surface area contributed by atoms with E-state index < -0.39 is 5.56 Å². The lowest BCUT2D eigenvalue weighted by Gasteiger charge is -2.18. The Kier molecular flexibility index (Phi) is 7.28. The molecule has 0 saturated carbocycles. The van der Waals surface area contributed by atoms with Gasteiger partial charge in [-0.05, 0) is 31.2 Å². The average molecular weight is 526 g/mol. The summed E-state index contributed by atoms with van der Waals surface area (Å²) in [6, 6.07) is 12.4. The Labute approximate surface area is 218 Å². The molecule has 0 aliphatic carbocycles. The largest absolute Gasteiger partial charge is 0.481 e. The van der Waals surface area contributed by atoms with Crippen LogP contribution in [0.15, 0.2) is 53.5 Å². The van der Waals surface area contributed by atoms with Crippen LogP contribution in [0.5, 0.6) is 11.8 Å². The van der Waals surface area contributed by atoms with Gasteiger partial charge < -0.3 is 9.47 Å². The number of hydrogen-bond donors (Lipinski definition) is 0. The number of nitrogens with zero attached hydrogens (tertiary/aromatic N) is 5. The Balaban J connectivity index is 1.71. The van der Waals surface area contributed by atoms with Crippen molar-refractivity contribution in [3.8, 4) is 28.7 Å². The SMILES string of the molecule is COc1cccc(COc2nc(C)n(-c3cc(-c4ccnc(C(C)(C)C)n4)ccc3Cl)c(=O)c2Cl)n1. The zero-order chi connectivity index (χ0) is 26.0. The van der Waals surface area contributed by atoms with Crippen molar-refractivity contribution in [2.75, 3.05) is 7.11 Å². The van der Waals surface area contributed by atoms with Gasteiger partial charge in [-0.15, -0.1) is 0 Å². The lowest BCUT2D eigenvalue weighted by Crippen LogP contribution is -2.24. The summed E-state index contributed by atoms with van der Waals surface area (Å²) in [5.41, 5.74) is 1.80. The predicted octanol–water partition coefficient (Wildman–Crippen LogP) is 5.58. The second kappa shape index (κ2) is 10.2. The molecular formula is C26H25Cl2N5O3.